The van der Waals surface area contributed by atoms with E-state index in [1.807, 2.05) is 23.5 Å². The standard InChI is InChI=1S/C51H33N3S/c1-3-12-32(13-4-1)33-22-24-35(25-23-33)50-52-49(34-14-5-2-6-15-34)53-51(54-50)37-27-29-44-47(31-37)55-46-21-11-20-38(48(44)46)36-26-28-43-41-18-8-7-16-39(41)40-17-9-10-19-42(40)45(43)30-36/h1-31,51H,(H,52,53,54). The molecule has 0 bridgehead atoms. The van der Waals surface area contributed by atoms with Gasteiger partial charge in [-0.3, -0.25) is 0 Å². The highest BCUT2D eigenvalue weighted by Gasteiger charge is 2.22. The minimum absolute atomic E-state index is 0.391. The van der Waals surface area contributed by atoms with Crippen molar-refractivity contribution in [2.24, 2.45) is 9.98 Å². The minimum Gasteiger partial charge on any atom is -0.324 e. The average molecular weight is 720 g/mol. The van der Waals surface area contributed by atoms with E-state index in [2.05, 4.69) is 181 Å². The molecule has 0 saturated heterocycles. The van der Waals surface area contributed by atoms with Crippen LogP contribution in [0, 0.1) is 0 Å². The van der Waals surface area contributed by atoms with Crippen molar-refractivity contribution < 1.29 is 0 Å². The highest BCUT2D eigenvalue weighted by molar-refractivity contribution is 7.26. The first kappa shape index (κ1) is 31.6. The van der Waals surface area contributed by atoms with E-state index in [0.717, 1.165) is 28.4 Å². The van der Waals surface area contributed by atoms with Gasteiger partial charge in [-0.15, -0.1) is 11.3 Å². The second-order valence-corrected chi connectivity index (χ2v) is 15.2. The summed E-state index contributed by atoms with van der Waals surface area (Å²) in [5.74, 6) is 1.63. The van der Waals surface area contributed by atoms with Crippen LogP contribution in [0.15, 0.2) is 198 Å². The zero-order valence-corrected chi connectivity index (χ0v) is 30.6. The van der Waals surface area contributed by atoms with Crippen molar-refractivity contribution >= 4 is 75.5 Å². The largest absolute Gasteiger partial charge is 0.324 e. The third-order valence-electron chi connectivity index (χ3n) is 10.9. The van der Waals surface area contributed by atoms with Crippen molar-refractivity contribution in [1.29, 1.82) is 0 Å². The predicted octanol–water partition coefficient (Wildman–Crippen LogP) is 13.3. The topological polar surface area (TPSA) is 36.8 Å². The Labute approximate surface area is 322 Å². The second kappa shape index (κ2) is 12.9. The molecule has 10 aromatic rings. The van der Waals surface area contributed by atoms with Crippen LogP contribution in [0.3, 0.4) is 0 Å². The Balaban J connectivity index is 1.02. The van der Waals surface area contributed by atoms with Gasteiger partial charge in [0, 0.05) is 31.3 Å². The maximum atomic E-state index is 5.22. The lowest BCUT2D eigenvalue weighted by Crippen LogP contribution is -2.36. The average Bonchev–Trinajstić information content (AvgIpc) is 3.65. The molecule has 0 amide bonds. The molecule has 0 saturated carbocycles. The Morgan fingerprint density at radius 2 is 0.873 bits per heavy atom. The number of nitrogens with one attached hydrogen (secondary N) is 1. The van der Waals surface area contributed by atoms with Crippen LogP contribution in [0.4, 0.5) is 0 Å². The van der Waals surface area contributed by atoms with Crippen LogP contribution in [0.5, 0.6) is 0 Å². The summed E-state index contributed by atoms with van der Waals surface area (Å²) in [6, 6.07) is 67.5. The number of thiophene rings is 1. The molecule has 1 aliphatic rings. The molecule has 55 heavy (non-hydrogen) atoms. The molecule has 2 heterocycles. The summed E-state index contributed by atoms with van der Waals surface area (Å²) in [5.41, 5.74) is 7.97. The van der Waals surface area contributed by atoms with Gasteiger partial charge in [-0.2, -0.15) is 0 Å². The highest BCUT2D eigenvalue weighted by atomic mass is 32.1. The molecule has 11 rings (SSSR count). The lowest BCUT2D eigenvalue weighted by Gasteiger charge is -2.22. The van der Waals surface area contributed by atoms with Crippen LogP contribution in [-0.4, -0.2) is 11.7 Å². The fourth-order valence-electron chi connectivity index (χ4n) is 8.26. The fourth-order valence-corrected chi connectivity index (χ4v) is 9.44. The predicted molar refractivity (Wildman–Crippen MR) is 235 cm³/mol. The molecule has 1 N–H and O–H groups in total. The van der Waals surface area contributed by atoms with Crippen LogP contribution in [-0.2, 0) is 0 Å². The van der Waals surface area contributed by atoms with E-state index in [9.17, 15) is 0 Å². The van der Waals surface area contributed by atoms with Gasteiger partial charge in [0.15, 0.2) is 6.17 Å². The number of fused-ring (bicyclic) bond motifs is 9. The lowest BCUT2D eigenvalue weighted by molar-refractivity contribution is 0.757. The number of hydrogen-bond acceptors (Lipinski definition) is 4. The van der Waals surface area contributed by atoms with Gasteiger partial charge in [-0.1, -0.05) is 170 Å². The minimum atomic E-state index is -0.391. The van der Waals surface area contributed by atoms with E-state index < -0.39 is 6.17 Å². The molecule has 1 aliphatic heterocycles. The van der Waals surface area contributed by atoms with E-state index in [-0.39, 0.29) is 0 Å². The first-order valence-electron chi connectivity index (χ1n) is 18.7. The second-order valence-electron chi connectivity index (χ2n) is 14.2. The third-order valence-corrected chi connectivity index (χ3v) is 12.0. The van der Waals surface area contributed by atoms with Crippen molar-refractivity contribution in [3.05, 3.63) is 205 Å². The number of nitrogens with zero attached hydrogens (tertiary/aromatic N) is 2. The Morgan fingerprint density at radius 1 is 0.364 bits per heavy atom. The molecule has 0 aliphatic carbocycles. The van der Waals surface area contributed by atoms with Gasteiger partial charge in [0.2, 0.25) is 0 Å². The van der Waals surface area contributed by atoms with Gasteiger partial charge in [0.05, 0.1) is 0 Å². The van der Waals surface area contributed by atoms with E-state index >= 15 is 0 Å². The third kappa shape index (κ3) is 5.41. The summed E-state index contributed by atoms with van der Waals surface area (Å²) in [6.45, 7) is 0. The van der Waals surface area contributed by atoms with Gasteiger partial charge in [-0.05, 0) is 78.3 Å². The van der Waals surface area contributed by atoms with Crippen LogP contribution in [0.1, 0.15) is 22.9 Å². The molecular weight excluding hydrogens is 687 g/mol. The molecule has 258 valence electrons. The zero-order chi connectivity index (χ0) is 36.3. The molecular formula is C51H33N3S. The molecule has 0 radical (unpaired) electrons. The number of amidine groups is 2. The quantitative estimate of drug-likeness (QED) is 0.177. The number of aliphatic imine (C=N–C) groups is 2. The maximum Gasteiger partial charge on any atom is 0.169 e. The van der Waals surface area contributed by atoms with Crippen molar-refractivity contribution in [2.75, 3.05) is 0 Å². The van der Waals surface area contributed by atoms with Crippen LogP contribution >= 0.6 is 11.3 Å². The lowest BCUT2D eigenvalue weighted by atomic mass is 9.91. The van der Waals surface area contributed by atoms with Crippen molar-refractivity contribution in [3.63, 3.8) is 0 Å². The van der Waals surface area contributed by atoms with E-state index in [1.54, 1.807) is 0 Å². The monoisotopic (exact) mass is 719 g/mol. The molecule has 0 fully saturated rings. The summed E-state index contributed by atoms with van der Waals surface area (Å²) < 4.78 is 2.51. The number of benzene rings is 9. The van der Waals surface area contributed by atoms with Gasteiger partial charge in [-0.25, -0.2) is 9.98 Å². The number of hydrogen-bond donors (Lipinski definition) is 1. The van der Waals surface area contributed by atoms with E-state index in [0.29, 0.717) is 0 Å². The summed E-state index contributed by atoms with van der Waals surface area (Å²) in [6.07, 6.45) is -0.391. The van der Waals surface area contributed by atoms with Gasteiger partial charge in [0.25, 0.3) is 0 Å². The van der Waals surface area contributed by atoms with Crippen molar-refractivity contribution in [2.45, 2.75) is 6.17 Å². The Bertz CT molecular complexity index is 3120. The smallest absolute Gasteiger partial charge is 0.169 e. The normalized spacial score (nSPS) is 14.4. The van der Waals surface area contributed by atoms with Crippen molar-refractivity contribution in [3.8, 4) is 22.3 Å². The Kier molecular flexibility index (Phi) is 7.42. The van der Waals surface area contributed by atoms with Gasteiger partial charge in [0.1, 0.15) is 11.7 Å². The summed E-state index contributed by atoms with van der Waals surface area (Å²) in [7, 11) is 0. The molecule has 1 atom stereocenters. The summed E-state index contributed by atoms with van der Waals surface area (Å²) in [4.78, 5) is 10.4. The first-order chi connectivity index (χ1) is 27.2. The Morgan fingerprint density at radius 3 is 1.55 bits per heavy atom. The molecule has 1 unspecified atom stereocenters. The van der Waals surface area contributed by atoms with E-state index in [4.69, 9.17) is 9.98 Å². The van der Waals surface area contributed by atoms with Crippen LogP contribution < -0.4 is 5.32 Å². The number of rotatable bonds is 5. The van der Waals surface area contributed by atoms with Crippen LogP contribution in [0.25, 0.3) is 74.7 Å². The molecule has 0 spiro atoms. The Hall–Kier alpha value is -6.88. The van der Waals surface area contributed by atoms with Crippen LogP contribution in [0.2, 0.25) is 0 Å². The van der Waals surface area contributed by atoms with Gasteiger partial charge < -0.3 is 5.32 Å². The zero-order valence-electron chi connectivity index (χ0n) is 29.8. The highest BCUT2D eigenvalue weighted by Crippen LogP contribution is 2.43. The fraction of sp³-hybridized carbons (Fsp3) is 0.0196. The summed E-state index contributed by atoms with van der Waals surface area (Å²) >= 11 is 1.84. The molecule has 1 aromatic heterocycles. The SMILES string of the molecule is c1ccc(C2=NC(c3ccc4c(c3)sc3cccc(-c5ccc6c7ccccc7c7ccccc7c6c5)c34)N=C(c3ccc(-c4ccccc4)cc3)N2)cc1. The molecule has 4 heteroatoms. The maximum absolute atomic E-state index is 5.22. The first-order valence-corrected chi connectivity index (χ1v) is 19.5. The van der Waals surface area contributed by atoms with Gasteiger partial charge >= 0.3 is 0 Å². The van der Waals surface area contributed by atoms with Crippen molar-refractivity contribution in [1.82, 2.24) is 5.32 Å². The molecule has 3 nitrogen and oxygen atoms in total. The van der Waals surface area contributed by atoms with E-state index in [1.165, 1.54) is 74.7 Å². The molecule has 9 aromatic carbocycles. The summed E-state index contributed by atoms with van der Waals surface area (Å²) in [5, 5.41) is 13.9.